The first kappa shape index (κ1) is 16.7. The van der Waals surface area contributed by atoms with Crippen molar-refractivity contribution < 1.29 is 9.21 Å². The SMILES string of the molecule is C#CCNC(=O)CSc1nnc(-c2ccco2)n1C1CCCCC1. The molecule has 6 nitrogen and oxygen atoms in total. The lowest BCUT2D eigenvalue weighted by molar-refractivity contribution is -0.118. The van der Waals surface area contributed by atoms with Crippen molar-refractivity contribution in [2.45, 2.75) is 43.3 Å². The maximum atomic E-state index is 11.8. The van der Waals surface area contributed by atoms with Gasteiger partial charge in [-0.15, -0.1) is 16.6 Å². The number of terminal acetylenes is 1. The number of hydrogen-bond acceptors (Lipinski definition) is 5. The number of rotatable bonds is 6. The first-order valence-corrected chi connectivity index (χ1v) is 9.10. The maximum absolute atomic E-state index is 11.8. The predicted octanol–water partition coefficient (Wildman–Crippen LogP) is 2.88. The van der Waals surface area contributed by atoms with Crippen LogP contribution in [0.15, 0.2) is 28.0 Å². The summed E-state index contributed by atoms with van der Waals surface area (Å²) in [6.07, 6.45) is 12.7. The second-order valence-corrected chi connectivity index (χ2v) is 6.66. The number of carbonyl (C=O) groups excluding carboxylic acids is 1. The van der Waals surface area contributed by atoms with Crippen LogP contribution in [0.25, 0.3) is 11.6 Å². The highest BCUT2D eigenvalue weighted by Crippen LogP contribution is 2.35. The maximum Gasteiger partial charge on any atom is 0.231 e. The fourth-order valence-electron chi connectivity index (χ4n) is 2.95. The Balaban J connectivity index is 1.80. The van der Waals surface area contributed by atoms with Crippen LogP contribution in [0.2, 0.25) is 0 Å². The van der Waals surface area contributed by atoms with Gasteiger partial charge in [0.15, 0.2) is 10.9 Å². The molecule has 2 aromatic heterocycles. The van der Waals surface area contributed by atoms with E-state index in [9.17, 15) is 4.79 Å². The summed E-state index contributed by atoms with van der Waals surface area (Å²) < 4.78 is 7.65. The molecule has 3 rings (SSSR count). The zero-order valence-electron chi connectivity index (χ0n) is 13.4. The monoisotopic (exact) mass is 344 g/mol. The summed E-state index contributed by atoms with van der Waals surface area (Å²) in [7, 11) is 0. The third-order valence-corrected chi connectivity index (χ3v) is 5.01. The van der Waals surface area contributed by atoms with E-state index in [-0.39, 0.29) is 18.2 Å². The van der Waals surface area contributed by atoms with Crippen LogP contribution in [-0.2, 0) is 4.79 Å². The van der Waals surface area contributed by atoms with Crippen LogP contribution in [0, 0.1) is 12.3 Å². The molecule has 24 heavy (non-hydrogen) atoms. The van der Waals surface area contributed by atoms with E-state index in [1.807, 2.05) is 12.1 Å². The van der Waals surface area contributed by atoms with Gasteiger partial charge < -0.3 is 9.73 Å². The summed E-state index contributed by atoms with van der Waals surface area (Å²) >= 11 is 1.38. The quantitative estimate of drug-likeness (QED) is 0.644. The fraction of sp³-hybridized carbons (Fsp3) is 0.471. The van der Waals surface area contributed by atoms with Crippen molar-refractivity contribution in [1.82, 2.24) is 20.1 Å². The smallest absolute Gasteiger partial charge is 0.231 e. The Morgan fingerprint density at radius 2 is 2.25 bits per heavy atom. The highest BCUT2D eigenvalue weighted by atomic mass is 32.2. The van der Waals surface area contributed by atoms with Gasteiger partial charge in [-0.1, -0.05) is 36.9 Å². The van der Waals surface area contributed by atoms with Crippen LogP contribution < -0.4 is 5.32 Å². The zero-order valence-corrected chi connectivity index (χ0v) is 14.2. The number of hydrogen-bond donors (Lipinski definition) is 1. The van der Waals surface area contributed by atoms with Gasteiger partial charge in [0.1, 0.15) is 0 Å². The normalized spacial score (nSPS) is 15.1. The number of nitrogens with zero attached hydrogens (tertiary/aromatic N) is 3. The highest BCUT2D eigenvalue weighted by molar-refractivity contribution is 7.99. The van der Waals surface area contributed by atoms with Crippen molar-refractivity contribution in [3.8, 4) is 23.9 Å². The number of furan rings is 1. The Kier molecular flexibility index (Phi) is 5.59. The molecule has 1 aliphatic carbocycles. The van der Waals surface area contributed by atoms with Gasteiger partial charge in [0.05, 0.1) is 18.6 Å². The Morgan fingerprint density at radius 1 is 1.42 bits per heavy atom. The molecule has 1 amide bonds. The van der Waals surface area contributed by atoms with E-state index in [0.29, 0.717) is 11.8 Å². The summed E-state index contributed by atoms with van der Waals surface area (Å²) in [6.45, 7) is 0.242. The second-order valence-electron chi connectivity index (χ2n) is 5.71. The molecule has 0 atom stereocenters. The van der Waals surface area contributed by atoms with Crippen molar-refractivity contribution in [3.05, 3.63) is 18.4 Å². The highest BCUT2D eigenvalue weighted by Gasteiger charge is 2.25. The molecule has 0 unspecified atom stereocenters. The first-order chi connectivity index (χ1) is 11.8. The number of thioether (sulfide) groups is 1. The molecule has 126 valence electrons. The van der Waals surface area contributed by atoms with Gasteiger partial charge >= 0.3 is 0 Å². The van der Waals surface area contributed by atoms with Gasteiger partial charge in [0, 0.05) is 6.04 Å². The van der Waals surface area contributed by atoms with E-state index in [2.05, 4.69) is 26.0 Å². The lowest BCUT2D eigenvalue weighted by Gasteiger charge is -2.25. The zero-order chi connectivity index (χ0) is 16.8. The summed E-state index contributed by atoms with van der Waals surface area (Å²) in [6, 6.07) is 4.08. The van der Waals surface area contributed by atoms with Crippen LogP contribution >= 0.6 is 11.8 Å². The van der Waals surface area contributed by atoms with Crippen LogP contribution in [-0.4, -0.2) is 33.0 Å². The van der Waals surface area contributed by atoms with Crippen LogP contribution in [0.1, 0.15) is 38.1 Å². The molecule has 0 saturated heterocycles. The lowest BCUT2D eigenvalue weighted by atomic mass is 9.95. The van der Waals surface area contributed by atoms with Crippen LogP contribution in [0.3, 0.4) is 0 Å². The van der Waals surface area contributed by atoms with Gasteiger partial charge in [-0.25, -0.2) is 0 Å². The number of carbonyl (C=O) groups is 1. The number of nitrogens with one attached hydrogen (secondary N) is 1. The predicted molar refractivity (Wildman–Crippen MR) is 92.4 cm³/mol. The molecule has 2 heterocycles. The van der Waals surface area contributed by atoms with Gasteiger partial charge in [0.25, 0.3) is 0 Å². The average molecular weight is 344 g/mol. The van der Waals surface area contributed by atoms with E-state index < -0.39 is 0 Å². The summed E-state index contributed by atoms with van der Waals surface area (Å²) in [5.41, 5.74) is 0. The molecule has 0 aromatic carbocycles. The summed E-state index contributed by atoms with van der Waals surface area (Å²) in [4.78, 5) is 11.8. The van der Waals surface area contributed by atoms with Crippen molar-refractivity contribution in [1.29, 1.82) is 0 Å². The molecule has 0 bridgehead atoms. The summed E-state index contributed by atoms with van der Waals surface area (Å²) in [5.74, 6) is 4.00. The largest absolute Gasteiger partial charge is 0.461 e. The van der Waals surface area contributed by atoms with E-state index in [1.165, 1.54) is 31.0 Å². The van der Waals surface area contributed by atoms with E-state index in [4.69, 9.17) is 10.8 Å². The van der Waals surface area contributed by atoms with E-state index in [1.54, 1.807) is 6.26 Å². The average Bonchev–Trinajstić information content (AvgIpc) is 3.27. The second kappa shape index (κ2) is 8.06. The molecular weight excluding hydrogens is 324 g/mol. The summed E-state index contributed by atoms with van der Waals surface area (Å²) in [5, 5.41) is 12.0. The molecule has 0 spiro atoms. The molecule has 0 aliphatic heterocycles. The molecule has 1 aliphatic rings. The molecular formula is C17H20N4O2S. The Morgan fingerprint density at radius 3 is 2.96 bits per heavy atom. The lowest BCUT2D eigenvalue weighted by Crippen LogP contribution is -2.25. The molecule has 1 fully saturated rings. The third kappa shape index (κ3) is 3.82. The molecule has 1 N–H and O–H groups in total. The van der Waals surface area contributed by atoms with E-state index in [0.717, 1.165) is 23.8 Å². The Labute approximate surface area is 145 Å². The van der Waals surface area contributed by atoms with Gasteiger partial charge in [-0.3, -0.25) is 9.36 Å². The first-order valence-electron chi connectivity index (χ1n) is 8.11. The van der Waals surface area contributed by atoms with Crippen LogP contribution in [0.4, 0.5) is 0 Å². The van der Waals surface area contributed by atoms with Gasteiger partial charge in [-0.2, -0.15) is 0 Å². The Hall–Kier alpha value is -2.20. The van der Waals surface area contributed by atoms with E-state index >= 15 is 0 Å². The molecule has 7 heteroatoms. The standard InChI is InChI=1S/C17H20N4O2S/c1-2-10-18-15(22)12-24-17-20-19-16(14-9-6-11-23-14)21(17)13-7-4-3-5-8-13/h1,6,9,11,13H,3-5,7-8,10,12H2,(H,18,22). The minimum absolute atomic E-state index is 0.101. The minimum atomic E-state index is -0.101. The van der Waals surface area contributed by atoms with Gasteiger partial charge in [-0.05, 0) is 25.0 Å². The third-order valence-electron chi connectivity index (χ3n) is 4.07. The topological polar surface area (TPSA) is 73.0 Å². The molecule has 2 aromatic rings. The van der Waals surface area contributed by atoms with Crippen LogP contribution in [0.5, 0.6) is 0 Å². The van der Waals surface area contributed by atoms with Crippen molar-refractivity contribution in [2.75, 3.05) is 12.3 Å². The van der Waals surface area contributed by atoms with Gasteiger partial charge in [0.2, 0.25) is 11.7 Å². The van der Waals surface area contributed by atoms with Crippen molar-refractivity contribution >= 4 is 17.7 Å². The minimum Gasteiger partial charge on any atom is -0.461 e. The van der Waals surface area contributed by atoms with Crippen molar-refractivity contribution in [3.63, 3.8) is 0 Å². The fourth-order valence-corrected chi connectivity index (χ4v) is 3.78. The molecule has 0 radical (unpaired) electrons. The number of amides is 1. The van der Waals surface area contributed by atoms with Crippen molar-refractivity contribution in [2.24, 2.45) is 0 Å². The molecule has 1 saturated carbocycles. The Bertz CT molecular complexity index is 712. The number of aromatic nitrogens is 3.